The largest absolute Gasteiger partial charge is 0.768 e. The molecular weight excluding hydrogens is 408 g/mol. The summed E-state index contributed by atoms with van der Waals surface area (Å²) < 4.78 is 36.3. The molecule has 1 unspecified atom stereocenters. The fourth-order valence-corrected chi connectivity index (χ4v) is 4.31. The summed E-state index contributed by atoms with van der Waals surface area (Å²) in [4.78, 5) is 0. The minimum absolute atomic E-state index is 0.131. The van der Waals surface area contributed by atoms with Crippen LogP contribution in [0.1, 0.15) is 38.3 Å². The first kappa shape index (κ1) is 19.8. The van der Waals surface area contributed by atoms with E-state index in [2.05, 4.69) is 40.2 Å². The number of nitrogens with zero attached hydrogens (tertiary/aromatic N) is 2. The normalized spacial score (nSPS) is 14.1. The van der Waals surface area contributed by atoms with E-state index in [9.17, 15) is 13.9 Å². The van der Waals surface area contributed by atoms with Crippen LogP contribution in [0.15, 0.2) is 26.1 Å². The van der Waals surface area contributed by atoms with Crippen molar-refractivity contribution in [3.05, 3.63) is 29.0 Å². The number of aromatic hydroxyl groups is 1. The molecule has 3 rings (SSSR count). The Bertz CT molecular complexity index is 957. The molecule has 0 aliphatic carbocycles. The van der Waals surface area contributed by atoms with E-state index in [0.717, 1.165) is 34.6 Å². The van der Waals surface area contributed by atoms with Crippen LogP contribution in [0.4, 0.5) is 17.3 Å². The van der Waals surface area contributed by atoms with Crippen molar-refractivity contribution < 1.29 is 18.3 Å². The van der Waals surface area contributed by atoms with E-state index in [1.54, 1.807) is 0 Å². The van der Waals surface area contributed by atoms with Crippen molar-refractivity contribution in [3.8, 4) is 5.75 Å². The van der Waals surface area contributed by atoms with Crippen LogP contribution in [-0.4, -0.2) is 22.6 Å². The average Bonchev–Trinajstić information content (AvgIpc) is 3.26. The van der Waals surface area contributed by atoms with Crippen LogP contribution in [0.2, 0.25) is 0 Å². The van der Waals surface area contributed by atoms with E-state index < -0.39 is 11.1 Å². The molecule has 0 saturated heterocycles. The van der Waals surface area contributed by atoms with Crippen LogP contribution < -0.4 is 10.6 Å². The topological polar surface area (TPSA) is 123 Å². The molecule has 0 aliphatic rings. The molecular formula is C16H19N4O4S3-. The zero-order valence-electron chi connectivity index (χ0n) is 15.1. The van der Waals surface area contributed by atoms with Crippen molar-refractivity contribution in [2.24, 2.45) is 5.41 Å². The first-order valence-corrected chi connectivity index (χ1v) is 10.7. The third-order valence-electron chi connectivity index (χ3n) is 3.82. The van der Waals surface area contributed by atoms with E-state index in [1.807, 2.05) is 19.1 Å². The highest BCUT2D eigenvalue weighted by Crippen LogP contribution is 2.41. The minimum atomic E-state index is -2.50. The predicted octanol–water partition coefficient (Wildman–Crippen LogP) is 4.39. The Morgan fingerprint density at radius 2 is 2.00 bits per heavy atom. The third kappa shape index (κ3) is 4.32. The Morgan fingerprint density at radius 3 is 2.56 bits per heavy atom. The molecule has 11 heteroatoms. The van der Waals surface area contributed by atoms with E-state index in [4.69, 9.17) is 4.42 Å². The summed E-state index contributed by atoms with van der Waals surface area (Å²) in [7, 11) is 0. The summed E-state index contributed by atoms with van der Waals surface area (Å²) in [6, 6.07) is 3.66. The molecule has 3 aromatic heterocycles. The molecule has 27 heavy (non-hydrogen) atoms. The zero-order chi connectivity index (χ0) is 19.8. The highest BCUT2D eigenvalue weighted by molar-refractivity contribution is 7.81. The zero-order valence-corrected chi connectivity index (χ0v) is 17.6. The molecule has 3 N–H and O–H groups in total. The maximum absolute atomic E-state index is 11.1. The highest BCUT2D eigenvalue weighted by Gasteiger charge is 2.30. The van der Waals surface area contributed by atoms with Gasteiger partial charge in [-0.2, -0.15) is 8.75 Å². The maximum Gasteiger partial charge on any atom is 0.188 e. The lowest BCUT2D eigenvalue weighted by atomic mass is 9.85. The summed E-state index contributed by atoms with van der Waals surface area (Å²) in [6.45, 7) is 8.12. The number of rotatable bonds is 6. The number of furan rings is 1. The van der Waals surface area contributed by atoms with Gasteiger partial charge in [-0.15, -0.1) is 11.3 Å². The molecule has 2 atom stereocenters. The van der Waals surface area contributed by atoms with Gasteiger partial charge in [-0.25, -0.2) is 0 Å². The van der Waals surface area contributed by atoms with Crippen LogP contribution in [0.5, 0.6) is 5.75 Å². The van der Waals surface area contributed by atoms with Crippen LogP contribution >= 0.6 is 23.1 Å². The molecule has 0 spiro atoms. The van der Waals surface area contributed by atoms with Crippen LogP contribution in [0.3, 0.4) is 0 Å². The quantitative estimate of drug-likeness (QED) is 0.495. The Labute approximate surface area is 167 Å². The molecule has 3 heterocycles. The lowest BCUT2D eigenvalue weighted by molar-refractivity contribution is 0.300. The third-order valence-corrected chi connectivity index (χ3v) is 6.30. The minimum Gasteiger partial charge on any atom is -0.768 e. The SMILES string of the molecule is Cc1ccc([C@H](Nc2nsnc2Nc2csc(S(=O)[O-])c2O)C(C)(C)C)o1. The van der Waals surface area contributed by atoms with Gasteiger partial charge < -0.3 is 24.7 Å². The summed E-state index contributed by atoms with van der Waals surface area (Å²) in [5.74, 6) is 2.15. The van der Waals surface area contributed by atoms with Gasteiger partial charge in [0.2, 0.25) is 0 Å². The summed E-state index contributed by atoms with van der Waals surface area (Å²) in [5.41, 5.74) is 0.0820. The molecule has 0 radical (unpaired) electrons. The van der Waals surface area contributed by atoms with Gasteiger partial charge >= 0.3 is 0 Å². The lowest BCUT2D eigenvalue weighted by Crippen LogP contribution is -2.25. The van der Waals surface area contributed by atoms with Crippen molar-refractivity contribution in [2.45, 2.75) is 37.9 Å². The lowest BCUT2D eigenvalue weighted by Gasteiger charge is -2.30. The summed E-state index contributed by atoms with van der Waals surface area (Å²) in [5, 5.41) is 17.9. The van der Waals surface area contributed by atoms with Gasteiger partial charge in [0.1, 0.15) is 15.7 Å². The number of hydrogen-bond acceptors (Lipinski definition) is 10. The number of nitrogens with one attached hydrogen (secondary N) is 2. The second-order valence-corrected chi connectivity index (χ2v) is 9.54. The average molecular weight is 428 g/mol. The molecule has 146 valence electrons. The first-order valence-electron chi connectivity index (χ1n) is 7.99. The van der Waals surface area contributed by atoms with E-state index in [0.29, 0.717) is 11.6 Å². The molecule has 0 bridgehead atoms. The van der Waals surface area contributed by atoms with Gasteiger partial charge in [0, 0.05) is 5.38 Å². The molecule has 0 aromatic carbocycles. The second-order valence-electron chi connectivity index (χ2n) is 7.00. The van der Waals surface area contributed by atoms with Gasteiger partial charge in [-0.3, -0.25) is 4.21 Å². The van der Waals surface area contributed by atoms with Crippen LogP contribution in [0.25, 0.3) is 0 Å². The van der Waals surface area contributed by atoms with Gasteiger partial charge in [0.25, 0.3) is 0 Å². The van der Waals surface area contributed by atoms with Gasteiger partial charge in [-0.05, 0) is 35.6 Å². The van der Waals surface area contributed by atoms with Gasteiger partial charge in [-0.1, -0.05) is 20.8 Å². The predicted molar refractivity (Wildman–Crippen MR) is 106 cm³/mol. The Morgan fingerprint density at radius 1 is 1.30 bits per heavy atom. The molecule has 0 saturated carbocycles. The van der Waals surface area contributed by atoms with Gasteiger partial charge in [0.05, 0.1) is 23.5 Å². The van der Waals surface area contributed by atoms with E-state index in [1.165, 1.54) is 5.38 Å². The van der Waals surface area contributed by atoms with E-state index in [-0.39, 0.29) is 27.1 Å². The molecule has 0 fully saturated rings. The first-order chi connectivity index (χ1) is 12.7. The fourth-order valence-electron chi connectivity index (χ4n) is 2.49. The van der Waals surface area contributed by atoms with Gasteiger partial charge in [0.15, 0.2) is 17.4 Å². The summed E-state index contributed by atoms with van der Waals surface area (Å²) in [6.07, 6.45) is 0. The number of aryl methyl sites for hydroxylation is 1. The number of hydrogen-bond donors (Lipinski definition) is 3. The highest BCUT2D eigenvalue weighted by atomic mass is 32.2. The van der Waals surface area contributed by atoms with Crippen molar-refractivity contribution in [2.75, 3.05) is 10.6 Å². The van der Waals surface area contributed by atoms with E-state index >= 15 is 0 Å². The van der Waals surface area contributed by atoms with Crippen molar-refractivity contribution in [3.63, 3.8) is 0 Å². The smallest absolute Gasteiger partial charge is 0.188 e. The molecule has 0 amide bonds. The second kappa shape index (κ2) is 7.58. The van der Waals surface area contributed by atoms with Crippen LogP contribution in [-0.2, 0) is 11.1 Å². The number of thiophene rings is 1. The molecule has 3 aromatic rings. The maximum atomic E-state index is 11.1. The molecule has 8 nitrogen and oxygen atoms in total. The monoisotopic (exact) mass is 427 g/mol. The Hall–Kier alpha value is -1.95. The summed E-state index contributed by atoms with van der Waals surface area (Å²) >= 11 is -0.574. The number of anilines is 3. The standard InChI is InChI=1S/C16H20N4O4S3/c1-8-5-6-10(24-8)12(16(2,3)4)18-14-13(19-26-20-14)17-9-7-25-15(11(9)21)27(22)23/h5-7,12,21H,1-4H3,(H,17,19)(H,18,20)(H,22,23)/p-1/t12-/m0/s1. The molecule has 0 aliphatic heterocycles. The van der Waals surface area contributed by atoms with Crippen molar-refractivity contribution in [1.82, 2.24) is 8.75 Å². The Kier molecular flexibility index (Phi) is 5.56. The van der Waals surface area contributed by atoms with Crippen molar-refractivity contribution in [1.29, 1.82) is 0 Å². The van der Waals surface area contributed by atoms with Crippen LogP contribution in [0, 0.1) is 12.3 Å². The fraction of sp³-hybridized carbons (Fsp3) is 0.375. The van der Waals surface area contributed by atoms with Crippen molar-refractivity contribution >= 4 is 51.5 Å². The Balaban J connectivity index is 1.87. The number of aromatic nitrogens is 2.